The standard InChI is InChI=1S/C21H18Cl2F3N3O3S/c1-10(2)11-4-7-15-16(8-11)33-19(27-15)29-20(18(31)32-3,21(24,25)26)28-17(30)13-6-5-12(22)9-14(13)23/h4-10H,1-3H3,(H,27,29)(H,28,30)/t20-/m0/s1. The molecule has 33 heavy (non-hydrogen) atoms. The first kappa shape index (κ1) is 25.1. The number of esters is 1. The number of methoxy groups -OCH3 is 1. The van der Waals surface area contributed by atoms with Crippen molar-refractivity contribution in [1.29, 1.82) is 0 Å². The second-order valence-corrected chi connectivity index (χ2v) is 9.22. The Balaban J connectivity index is 2.06. The zero-order chi connectivity index (χ0) is 24.6. The van der Waals surface area contributed by atoms with Crippen molar-refractivity contribution in [2.45, 2.75) is 31.6 Å². The van der Waals surface area contributed by atoms with E-state index in [-0.39, 0.29) is 26.7 Å². The third-order valence-corrected chi connectivity index (χ3v) is 6.25. The lowest BCUT2D eigenvalue weighted by Crippen LogP contribution is -2.69. The monoisotopic (exact) mass is 519 g/mol. The molecule has 2 N–H and O–H groups in total. The quantitative estimate of drug-likeness (QED) is 0.308. The maximum Gasteiger partial charge on any atom is 0.442 e. The number of anilines is 1. The molecule has 3 aromatic rings. The number of hydrogen-bond acceptors (Lipinski definition) is 6. The zero-order valence-corrected chi connectivity index (χ0v) is 19.8. The summed E-state index contributed by atoms with van der Waals surface area (Å²) in [7, 11) is 0.777. The molecule has 0 aliphatic rings. The molecule has 1 atom stereocenters. The minimum atomic E-state index is -5.31. The van der Waals surface area contributed by atoms with E-state index < -0.39 is 23.7 Å². The number of benzene rings is 2. The minimum absolute atomic E-state index is 0.181. The van der Waals surface area contributed by atoms with Gasteiger partial charge >= 0.3 is 17.8 Å². The van der Waals surface area contributed by atoms with Gasteiger partial charge in [-0.25, -0.2) is 9.78 Å². The summed E-state index contributed by atoms with van der Waals surface area (Å²) in [6, 6.07) is 8.91. The van der Waals surface area contributed by atoms with E-state index in [1.54, 1.807) is 11.4 Å². The number of nitrogens with zero attached hydrogens (tertiary/aromatic N) is 1. The number of aromatic nitrogens is 1. The van der Waals surface area contributed by atoms with Crippen LogP contribution in [0.25, 0.3) is 10.2 Å². The van der Waals surface area contributed by atoms with Gasteiger partial charge in [0.05, 0.1) is 27.9 Å². The molecule has 1 heterocycles. The Bertz CT molecular complexity index is 1220. The SMILES string of the molecule is COC(=O)[C@](NC(=O)c1ccc(Cl)cc1Cl)(Nc1nc2ccc(C(C)C)cc2s1)C(F)(F)F. The third-order valence-electron chi connectivity index (χ3n) is 4.77. The highest BCUT2D eigenvalue weighted by Crippen LogP contribution is 2.37. The number of amides is 1. The van der Waals surface area contributed by atoms with E-state index in [0.29, 0.717) is 10.2 Å². The molecule has 1 amide bonds. The third kappa shape index (κ3) is 5.02. The number of halogens is 5. The van der Waals surface area contributed by atoms with E-state index in [0.717, 1.165) is 30.1 Å². The highest BCUT2D eigenvalue weighted by molar-refractivity contribution is 7.22. The predicted molar refractivity (Wildman–Crippen MR) is 122 cm³/mol. The summed E-state index contributed by atoms with van der Waals surface area (Å²) in [6.07, 6.45) is -5.31. The van der Waals surface area contributed by atoms with Crippen LogP contribution in [0.15, 0.2) is 36.4 Å². The second-order valence-electron chi connectivity index (χ2n) is 7.34. The first-order chi connectivity index (χ1) is 15.4. The molecule has 176 valence electrons. The van der Waals surface area contributed by atoms with E-state index in [9.17, 15) is 22.8 Å². The van der Waals surface area contributed by atoms with Gasteiger partial charge in [0.2, 0.25) is 0 Å². The Morgan fingerprint density at radius 2 is 1.82 bits per heavy atom. The molecule has 2 aromatic carbocycles. The summed E-state index contributed by atoms with van der Waals surface area (Å²) < 4.78 is 47.9. The zero-order valence-electron chi connectivity index (χ0n) is 17.5. The molecule has 0 aliphatic carbocycles. The molecule has 0 bridgehead atoms. The number of fused-ring (bicyclic) bond motifs is 1. The van der Waals surface area contributed by atoms with E-state index in [1.165, 1.54) is 12.1 Å². The van der Waals surface area contributed by atoms with Crippen molar-refractivity contribution >= 4 is 61.8 Å². The molecule has 0 spiro atoms. The minimum Gasteiger partial charge on any atom is -0.466 e. The van der Waals surface area contributed by atoms with Crippen LogP contribution >= 0.6 is 34.5 Å². The highest BCUT2D eigenvalue weighted by atomic mass is 35.5. The van der Waals surface area contributed by atoms with Gasteiger partial charge in [0, 0.05) is 5.02 Å². The molecule has 0 saturated carbocycles. The topological polar surface area (TPSA) is 80.3 Å². The Labute approximate surface area is 201 Å². The summed E-state index contributed by atoms with van der Waals surface area (Å²) in [5, 5.41) is 3.52. The molecule has 12 heteroatoms. The number of alkyl halides is 3. The van der Waals surface area contributed by atoms with Crippen molar-refractivity contribution in [2.75, 3.05) is 12.4 Å². The lowest BCUT2D eigenvalue weighted by molar-refractivity contribution is -0.203. The van der Waals surface area contributed by atoms with Gasteiger partial charge in [0.25, 0.3) is 5.91 Å². The maximum atomic E-state index is 14.3. The van der Waals surface area contributed by atoms with Gasteiger partial charge < -0.3 is 15.4 Å². The summed E-state index contributed by atoms with van der Waals surface area (Å²) in [5.74, 6) is -2.86. The fraction of sp³-hybridized carbons (Fsp3) is 0.286. The highest BCUT2D eigenvalue weighted by Gasteiger charge is 2.64. The smallest absolute Gasteiger partial charge is 0.442 e. The molecule has 0 aliphatic heterocycles. The van der Waals surface area contributed by atoms with E-state index in [2.05, 4.69) is 15.0 Å². The average Bonchev–Trinajstić information content (AvgIpc) is 3.12. The van der Waals surface area contributed by atoms with E-state index in [4.69, 9.17) is 23.2 Å². The van der Waals surface area contributed by atoms with Crippen molar-refractivity contribution in [3.05, 3.63) is 57.6 Å². The Morgan fingerprint density at radius 3 is 2.39 bits per heavy atom. The number of rotatable bonds is 6. The molecule has 0 unspecified atom stereocenters. The van der Waals surface area contributed by atoms with Crippen LogP contribution in [0.1, 0.15) is 35.7 Å². The summed E-state index contributed by atoms with van der Waals surface area (Å²) >= 11 is 12.7. The van der Waals surface area contributed by atoms with Gasteiger partial charge in [0.15, 0.2) is 5.13 Å². The molecule has 0 fully saturated rings. The molecule has 3 rings (SSSR count). The van der Waals surface area contributed by atoms with Crippen LogP contribution in [0.5, 0.6) is 0 Å². The summed E-state index contributed by atoms with van der Waals surface area (Å²) in [5.41, 5.74) is -2.54. The van der Waals surface area contributed by atoms with Crippen molar-refractivity contribution < 1.29 is 27.5 Å². The number of nitrogens with one attached hydrogen (secondary N) is 2. The van der Waals surface area contributed by atoms with Crippen LogP contribution < -0.4 is 10.6 Å². The summed E-state index contributed by atoms with van der Waals surface area (Å²) in [4.78, 5) is 29.3. The van der Waals surface area contributed by atoms with Crippen molar-refractivity contribution in [3.8, 4) is 0 Å². The van der Waals surface area contributed by atoms with E-state index >= 15 is 0 Å². The molecule has 0 radical (unpaired) electrons. The van der Waals surface area contributed by atoms with Gasteiger partial charge in [-0.15, -0.1) is 0 Å². The Kier molecular flexibility index (Phi) is 7.11. The number of carbonyl (C=O) groups is 2. The maximum absolute atomic E-state index is 14.3. The largest absolute Gasteiger partial charge is 0.466 e. The average molecular weight is 520 g/mol. The fourth-order valence-corrected chi connectivity index (χ4v) is 4.43. The van der Waals surface area contributed by atoms with Crippen molar-refractivity contribution in [1.82, 2.24) is 10.3 Å². The lowest BCUT2D eigenvalue weighted by Gasteiger charge is -2.34. The number of ether oxygens (including phenoxy) is 1. The van der Waals surface area contributed by atoms with Gasteiger partial charge in [-0.3, -0.25) is 4.79 Å². The number of carbonyl (C=O) groups excluding carboxylic acids is 2. The number of hydrogen-bond donors (Lipinski definition) is 2. The molecular formula is C21H18Cl2F3N3O3S. The van der Waals surface area contributed by atoms with Gasteiger partial charge in [0.1, 0.15) is 0 Å². The normalized spacial score (nSPS) is 13.6. The van der Waals surface area contributed by atoms with Crippen LogP contribution in [0.4, 0.5) is 18.3 Å². The van der Waals surface area contributed by atoms with Crippen LogP contribution in [-0.4, -0.2) is 35.8 Å². The van der Waals surface area contributed by atoms with Crippen molar-refractivity contribution in [2.24, 2.45) is 0 Å². The summed E-state index contributed by atoms with van der Waals surface area (Å²) in [6.45, 7) is 3.95. The van der Waals surface area contributed by atoms with Gasteiger partial charge in [-0.1, -0.05) is 54.5 Å². The Morgan fingerprint density at radius 1 is 1.12 bits per heavy atom. The molecule has 6 nitrogen and oxygen atoms in total. The van der Waals surface area contributed by atoms with E-state index in [1.807, 2.05) is 26.0 Å². The van der Waals surface area contributed by atoms with Crippen molar-refractivity contribution in [3.63, 3.8) is 0 Å². The second kappa shape index (κ2) is 9.36. The van der Waals surface area contributed by atoms with Crippen LogP contribution in [0, 0.1) is 0 Å². The fourth-order valence-electron chi connectivity index (χ4n) is 2.97. The number of thiazole rings is 1. The van der Waals surface area contributed by atoms with Crippen LogP contribution in [0.2, 0.25) is 10.0 Å². The van der Waals surface area contributed by atoms with Crippen LogP contribution in [0.3, 0.4) is 0 Å². The molecule has 1 aromatic heterocycles. The van der Waals surface area contributed by atoms with Gasteiger partial charge in [-0.05, 0) is 41.8 Å². The predicted octanol–water partition coefficient (Wildman–Crippen LogP) is 6.00. The first-order valence-corrected chi connectivity index (χ1v) is 11.1. The molecule has 0 saturated heterocycles. The van der Waals surface area contributed by atoms with Crippen LogP contribution in [-0.2, 0) is 9.53 Å². The lowest BCUT2D eigenvalue weighted by atomic mass is 10.0. The molecular weight excluding hydrogens is 502 g/mol. The Hall–Kier alpha value is -2.56. The van der Waals surface area contributed by atoms with Gasteiger partial charge in [-0.2, -0.15) is 13.2 Å². The first-order valence-electron chi connectivity index (χ1n) is 9.49.